The first-order chi connectivity index (χ1) is 11.0. The average molecular weight is 321 g/mol. The van der Waals surface area contributed by atoms with Crippen LogP contribution in [0, 0.1) is 23.2 Å². The van der Waals surface area contributed by atoms with Gasteiger partial charge in [0.25, 0.3) is 0 Å². The largest absolute Gasteiger partial charge is 0.465 e. The van der Waals surface area contributed by atoms with Crippen molar-refractivity contribution in [1.82, 2.24) is 14.7 Å². The Bertz CT molecular complexity index is 507. The lowest BCUT2D eigenvalue weighted by Gasteiger charge is -2.60. The number of piperidine rings is 1. The third-order valence-corrected chi connectivity index (χ3v) is 6.76. The first-order valence-corrected chi connectivity index (χ1v) is 8.98. The summed E-state index contributed by atoms with van der Waals surface area (Å²) in [6.45, 7) is 9.35. The van der Waals surface area contributed by atoms with Gasteiger partial charge in [0.15, 0.2) is 0 Å². The number of rotatable bonds is 4. The van der Waals surface area contributed by atoms with E-state index in [1.165, 1.54) is 4.90 Å². The van der Waals surface area contributed by atoms with Crippen LogP contribution in [0.4, 0.5) is 4.79 Å². The molecule has 2 aliphatic carbocycles. The Kier molecular flexibility index (Phi) is 3.38. The van der Waals surface area contributed by atoms with Crippen molar-refractivity contribution in [2.75, 3.05) is 39.3 Å². The first kappa shape index (κ1) is 15.2. The van der Waals surface area contributed by atoms with E-state index in [-0.39, 0.29) is 11.3 Å². The maximum atomic E-state index is 12.4. The third-order valence-electron chi connectivity index (χ3n) is 6.76. The zero-order valence-corrected chi connectivity index (χ0v) is 14.1. The van der Waals surface area contributed by atoms with E-state index in [2.05, 4.69) is 18.7 Å². The second-order valence-corrected chi connectivity index (χ2v) is 8.02. The molecule has 0 unspecified atom stereocenters. The molecule has 0 bridgehead atoms. The lowest BCUT2D eigenvalue weighted by molar-refractivity contribution is -0.133. The monoisotopic (exact) mass is 321 g/mol. The second-order valence-electron chi connectivity index (χ2n) is 8.02. The van der Waals surface area contributed by atoms with Gasteiger partial charge in [-0.2, -0.15) is 0 Å². The summed E-state index contributed by atoms with van der Waals surface area (Å²) >= 11 is 0. The van der Waals surface area contributed by atoms with E-state index >= 15 is 0 Å². The Morgan fingerprint density at radius 1 is 1.13 bits per heavy atom. The molecule has 4 aliphatic rings. The average Bonchev–Trinajstić information content (AvgIpc) is 2.92. The zero-order valence-electron chi connectivity index (χ0n) is 14.1. The molecule has 4 fully saturated rings. The van der Waals surface area contributed by atoms with E-state index < -0.39 is 6.09 Å². The van der Waals surface area contributed by atoms with Crippen LogP contribution in [0.2, 0.25) is 0 Å². The molecule has 0 aromatic rings. The van der Waals surface area contributed by atoms with Crippen LogP contribution in [-0.4, -0.2) is 77.1 Å². The highest BCUT2D eigenvalue weighted by molar-refractivity contribution is 5.82. The topological polar surface area (TPSA) is 64.1 Å². The number of fused-ring (bicyclic) bond motifs is 1. The Labute approximate surface area is 137 Å². The first-order valence-electron chi connectivity index (χ1n) is 8.98. The van der Waals surface area contributed by atoms with E-state index in [1.54, 1.807) is 0 Å². The maximum Gasteiger partial charge on any atom is 0.407 e. The molecule has 0 aromatic carbocycles. The van der Waals surface area contributed by atoms with Crippen LogP contribution in [0.25, 0.3) is 0 Å². The van der Waals surface area contributed by atoms with E-state index in [0.717, 1.165) is 52.1 Å². The van der Waals surface area contributed by atoms with Gasteiger partial charge in [-0.3, -0.25) is 9.69 Å². The highest BCUT2D eigenvalue weighted by Gasteiger charge is 2.63. The van der Waals surface area contributed by atoms with E-state index in [1.807, 2.05) is 4.90 Å². The lowest BCUT2D eigenvalue weighted by atomic mass is 9.60. The molecule has 23 heavy (non-hydrogen) atoms. The number of amides is 2. The maximum absolute atomic E-state index is 12.4. The molecule has 3 atom stereocenters. The number of carbonyl (C=O) groups excluding carboxylic acids is 1. The molecule has 2 heterocycles. The Balaban J connectivity index is 1.23. The van der Waals surface area contributed by atoms with E-state index in [9.17, 15) is 9.59 Å². The molecule has 1 spiro atoms. The van der Waals surface area contributed by atoms with Gasteiger partial charge >= 0.3 is 6.09 Å². The summed E-state index contributed by atoms with van der Waals surface area (Å²) in [5.41, 5.74) is 0.284. The van der Waals surface area contributed by atoms with Gasteiger partial charge in [0.1, 0.15) is 0 Å². The second kappa shape index (κ2) is 5.10. The lowest BCUT2D eigenvalue weighted by Crippen LogP contribution is -2.67. The summed E-state index contributed by atoms with van der Waals surface area (Å²) in [4.78, 5) is 29.4. The molecule has 6 nitrogen and oxygen atoms in total. The van der Waals surface area contributed by atoms with Crippen LogP contribution in [0.5, 0.6) is 0 Å². The summed E-state index contributed by atoms with van der Waals surface area (Å²) in [7, 11) is 0. The third kappa shape index (κ3) is 2.25. The molecule has 2 amide bonds. The fourth-order valence-electron chi connectivity index (χ4n) is 5.32. The predicted molar refractivity (Wildman–Crippen MR) is 85.0 cm³/mol. The van der Waals surface area contributed by atoms with Crippen molar-refractivity contribution in [2.45, 2.75) is 32.7 Å². The van der Waals surface area contributed by atoms with Crippen molar-refractivity contribution in [3.05, 3.63) is 0 Å². The number of likely N-dealkylation sites (tertiary alicyclic amines) is 2. The molecular weight excluding hydrogens is 294 g/mol. The van der Waals surface area contributed by atoms with Crippen molar-refractivity contribution in [3.8, 4) is 0 Å². The van der Waals surface area contributed by atoms with Crippen LogP contribution < -0.4 is 0 Å². The zero-order chi connectivity index (χ0) is 16.4. The summed E-state index contributed by atoms with van der Waals surface area (Å²) < 4.78 is 0. The van der Waals surface area contributed by atoms with Gasteiger partial charge in [0.05, 0.1) is 0 Å². The van der Waals surface area contributed by atoms with Gasteiger partial charge in [0, 0.05) is 56.6 Å². The van der Waals surface area contributed by atoms with Gasteiger partial charge in [0.2, 0.25) is 5.91 Å². The quantitative estimate of drug-likeness (QED) is 0.844. The molecule has 2 saturated heterocycles. The highest BCUT2D eigenvalue weighted by Crippen LogP contribution is 2.57. The van der Waals surface area contributed by atoms with Crippen LogP contribution in [0.1, 0.15) is 26.7 Å². The van der Waals surface area contributed by atoms with Crippen molar-refractivity contribution < 1.29 is 14.7 Å². The number of hydrogen-bond acceptors (Lipinski definition) is 3. The standard InChI is InChI=1S/C17H27N3O3/c1-3-18(4-2)15(21)14-12-7-19(8-13(12)14)11-5-17(6-11)9-20(10-17)16(22)23/h11-14H,3-10H2,1-2H3,(H,22,23)/t12-,13+,14-. The number of nitrogens with zero attached hydrogens (tertiary/aromatic N) is 3. The molecule has 128 valence electrons. The van der Waals surface area contributed by atoms with Crippen molar-refractivity contribution in [2.24, 2.45) is 23.2 Å². The Morgan fingerprint density at radius 2 is 1.70 bits per heavy atom. The summed E-state index contributed by atoms with van der Waals surface area (Å²) in [5, 5.41) is 8.95. The van der Waals surface area contributed by atoms with Gasteiger partial charge in [-0.1, -0.05) is 0 Å². The van der Waals surface area contributed by atoms with Gasteiger partial charge in [-0.15, -0.1) is 0 Å². The Morgan fingerprint density at radius 3 is 2.17 bits per heavy atom. The minimum absolute atomic E-state index is 0.284. The van der Waals surface area contributed by atoms with Gasteiger partial charge in [-0.05, 0) is 38.5 Å². The summed E-state index contributed by atoms with van der Waals surface area (Å²) in [5.74, 6) is 1.81. The normalized spacial score (nSPS) is 34.7. The molecule has 2 aliphatic heterocycles. The molecule has 0 radical (unpaired) electrons. The van der Waals surface area contributed by atoms with Gasteiger partial charge in [-0.25, -0.2) is 4.79 Å². The van der Waals surface area contributed by atoms with Gasteiger partial charge < -0.3 is 14.9 Å². The van der Waals surface area contributed by atoms with Crippen molar-refractivity contribution in [3.63, 3.8) is 0 Å². The molecule has 6 heteroatoms. The molecular formula is C17H27N3O3. The smallest absolute Gasteiger partial charge is 0.407 e. The molecule has 0 aromatic heterocycles. The minimum atomic E-state index is -0.778. The van der Waals surface area contributed by atoms with E-state index in [4.69, 9.17) is 5.11 Å². The van der Waals surface area contributed by atoms with Crippen LogP contribution in [0.3, 0.4) is 0 Å². The predicted octanol–water partition coefficient (Wildman–Crippen LogP) is 1.17. The Hall–Kier alpha value is -1.30. The van der Waals surface area contributed by atoms with Crippen molar-refractivity contribution in [1.29, 1.82) is 0 Å². The SMILES string of the molecule is CCN(CC)C(=O)[C@@H]1[C@@H]2CN(C3CC4(C3)CN(C(=O)O)C4)C[C@@H]21. The molecule has 2 saturated carbocycles. The van der Waals surface area contributed by atoms with Crippen LogP contribution >= 0.6 is 0 Å². The summed E-state index contributed by atoms with van der Waals surface area (Å²) in [6, 6.07) is 0.628. The number of carboxylic acid groups (broad SMARTS) is 1. The van der Waals surface area contributed by atoms with Crippen LogP contribution in [0.15, 0.2) is 0 Å². The fraction of sp³-hybridized carbons (Fsp3) is 0.882. The summed E-state index contributed by atoms with van der Waals surface area (Å²) in [6.07, 6.45) is 1.51. The fourth-order valence-corrected chi connectivity index (χ4v) is 5.32. The molecule has 1 N–H and O–H groups in total. The highest BCUT2D eigenvalue weighted by atomic mass is 16.4. The van der Waals surface area contributed by atoms with Crippen molar-refractivity contribution >= 4 is 12.0 Å². The molecule has 4 rings (SSSR count). The number of carbonyl (C=O) groups is 2. The van der Waals surface area contributed by atoms with E-state index in [0.29, 0.717) is 23.8 Å². The van der Waals surface area contributed by atoms with Crippen LogP contribution in [-0.2, 0) is 4.79 Å². The number of hydrogen-bond donors (Lipinski definition) is 1. The minimum Gasteiger partial charge on any atom is -0.465 e.